The highest BCUT2D eigenvalue weighted by Gasteiger charge is 2.27. The summed E-state index contributed by atoms with van der Waals surface area (Å²) in [6, 6.07) is 6.63. The Labute approximate surface area is 154 Å². The fraction of sp³-hybridized carbons (Fsp3) is 0.550. The van der Waals surface area contributed by atoms with Crippen LogP contribution in [0.5, 0.6) is 17.2 Å². The summed E-state index contributed by atoms with van der Waals surface area (Å²) in [6.45, 7) is 8.47. The lowest BCUT2D eigenvalue weighted by Gasteiger charge is -2.20. The lowest BCUT2D eigenvalue weighted by atomic mass is 10.1. The molecule has 26 heavy (non-hydrogen) atoms. The van der Waals surface area contributed by atoms with Crippen molar-refractivity contribution in [2.45, 2.75) is 39.3 Å². The second-order valence-electron chi connectivity index (χ2n) is 7.21. The first-order valence-electron chi connectivity index (χ1n) is 9.35. The van der Waals surface area contributed by atoms with Gasteiger partial charge in [0, 0.05) is 43.4 Å². The number of rotatable bonds is 4. The van der Waals surface area contributed by atoms with Crippen LogP contribution in [0.4, 0.5) is 0 Å². The van der Waals surface area contributed by atoms with Crippen molar-refractivity contribution in [1.82, 2.24) is 14.7 Å². The minimum Gasteiger partial charge on any atom is -0.496 e. The van der Waals surface area contributed by atoms with E-state index >= 15 is 0 Å². The SMILES string of the molecule is COc1cc2c(cc1CN1CCC(n3nc(C)cc3C)C1)OCCCO2. The number of aromatic nitrogens is 2. The smallest absolute Gasteiger partial charge is 0.164 e. The Morgan fingerprint density at radius 1 is 1.15 bits per heavy atom. The number of benzene rings is 1. The maximum Gasteiger partial charge on any atom is 0.164 e. The predicted octanol–water partition coefficient (Wildman–Crippen LogP) is 3.12. The van der Waals surface area contributed by atoms with Crippen LogP contribution >= 0.6 is 0 Å². The lowest BCUT2D eigenvalue weighted by molar-refractivity contribution is 0.296. The van der Waals surface area contributed by atoms with Gasteiger partial charge < -0.3 is 14.2 Å². The Kier molecular flexibility index (Phi) is 4.76. The zero-order valence-corrected chi connectivity index (χ0v) is 15.8. The molecule has 6 heteroatoms. The van der Waals surface area contributed by atoms with Crippen molar-refractivity contribution in [3.05, 3.63) is 35.2 Å². The van der Waals surface area contributed by atoms with E-state index in [0.29, 0.717) is 19.3 Å². The molecular formula is C20H27N3O3. The quantitative estimate of drug-likeness (QED) is 0.841. The third-order valence-corrected chi connectivity index (χ3v) is 5.18. The molecule has 0 N–H and O–H groups in total. The molecule has 2 aromatic rings. The number of aryl methyl sites for hydroxylation is 2. The van der Waals surface area contributed by atoms with Crippen LogP contribution in [0.25, 0.3) is 0 Å². The van der Waals surface area contributed by atoms with E-state index in [2.05, 4.69) is 40.7 Å². The van der Waals surface area contributed by atoms with Gasteiger partial charge in [0.25, 0.3) is 0 Å². The number of likely N-dealkylation sites (tertiary alicyclic amines) is 1. The van der Waals surface area contributed by atoms with Gasteiger partial charge >= 0.3 is 0 Å². The first kappa shape index (κ1) is 17.2. The average molecular weight is 357 g/mol. The van der Waals surface area contributed by atoms with Crippen LogP contribution in [0.3, 0.4) is 0 Å². The summed E-state index contributed by atoms with van der Waals surface area (Å²) >= 11 is 0. The van der Waals surface area contributed by atoms with Crippen LogP contribution < -0.4 is 14.2 Å². The summed E-state index contributed by atoms with van der Waals surface area (Å²) in [5.74, 6) is 2.47. The van der Waals surface area contributed by atoms with Gasteiger partial charge in [-0.15, -0.1) is 0 Å². The molecule has 0 aliphatic carbocycles. The van der Waals surface area contributed by atoms with Crippen molar-refractivity contribution in [2.75, 3.05) is 33.4 Å². The topological polar surface area (TPSA) is 48.8 Å². The largest absolute Gasteiger partial charge is 0.496 e. The summed E-state index contributed by atoms with van der Waals surface area (Å²) in [5, 5.41) is 4.66. The number of fused-ring (bicyclic) bond motifs is 1. The Morgan fingerprint density at radius 3 is 2.62 bits per heavy atom. The molecule has 6 nitrogen and oxygen atoms in total. The van der Waals surface area contributed by atoms with Crippen molar-refractivity contribution in [1.29, 1.82) is 0 Å². The van der Waals surface area contributed by atoms with Crippen LogP contribution in [0.15, 0.2) is 18.2 Å². The first-order valence-corrected chi connectivity index (χ1v) is 9.35. The van der Waals surface area contributed by atoms with Crippen molar-refractivity contribution < 1.29 is 14.2 Å². The first-order chi connectivity index (χ1) is 12.6. The van der Waals surface area contributed by atoms with Crippen molar-refractivity contribution in [2.24, 2.45) is 0 Å². The van der Waals surface area contributed by atoms with E-state index in [4.69, 9.17) is 14.2 Å². The molecule has 2 aliphatic heterocycles. The Bertz CT molecular complexity index is 787. The second kappa shape index (κ2) is 7.19. The summed E-state index contributed by atoms with van der Waals surface area (Å²) in [5.41, 5.74) is 3.47. The number of hydrogen-bond donors (Lipinski definition) is 0. The minimum absolute atomic E-state index is 0.440. The highest BCUT2D eigenvalue weighted by atomic mass is 16.5. The molecule has 1 unspecified atom stereocenters. The monoisotopic (exact) mass is 357 g/mol. The van der Waals surface area contributed by atoms with E-state index in [1.165, 1.54) is 5.69 Å². The van der Waals surface area contributed by atoms with Crippen molar-refractivity contribution in [3.63, 3.8) is 0 Å². The predicted molar refractivity (Wildman–Crippen MR) is 99.2 cm³/mol. The van der Waals surface area contributed by atoms with Crippen molar-refractivity contribution >= 4 is 0 Å². The molecular weight excluding hydrogens is 330 g/mol. The van der Waals surface area contributed by atoms with Gasteiger partial charge in [-0.1, -0.05) is 0 Å². The number of methoxy groups -OCH3 is 1. The van der Waals surface area contributed by atoms with Gasteiger partial charge in [-0.05, 0) is 32.4 Å². The maximum atomic E-state index is 5.85. The molecule has 3 heterocycles. The van der Waals surface area contributed by atoms with Gasteiger partial charge in [0.2, 0.25) is 0 Å². The Balaban J connectivity index is 1.50. The van der Waals surface area contributed by atoms with Crippen LogP contribution in [0.1, 0.15) is 35.8 Å². The molecule has 1 fully saturated rings. The van der Waals surface area contributed by atoms with E-state index in [1.807, 2.05) is 6.07 Å². The van der Waals surface area contributed by atoms with Crippen LogP contribution in [0.2, 0.25) is 0 Å². The Morgan fingerprint density at radius 2 is 1.92 bits per heavy atom. The third-order valence-electron chi connectivity index (χ3n) is 5.18. The Hall–Kier alpha value is -2.21. The fourth-order valence-electron chi connectivity index (χ4n) is 3.96. The average Bonchev–Trinajstić information content (AvgIpc) is 3.13. The standard InChI is InChI=1S/C20H27N3O3/c1-14-9-15(2)23(21-14)17-5-6-22(13-17)12-16-10-19-20(11-18(16)24-3)26-8-4-7-25-19/h9-11,17H,4-8,12-13H2,1-3H3. The highest BCUT2D eigenvalue weighted by molar-refractivity contribution is 5.51. The molecule has 1 aromatic carbocycles. The zero-order valence-electron chi connectivity index (χ0n) is 15.8. The van der Waals surface area contributed by atoms with Gasteiger partial charge in [0.05, 0.1) is 32.1 Å². The van der Waals surface area contributed by atoms with Crippen LogP contribution in [-0.4, -0.2) is 48.1 Å². The maximum absolute atomic E-state index is 5.85. The second-order valence-corrected chi connectivity index (χ2v) is 7.21. The molecule has 2 aliphatic rings. The van der Waals surface area contributed by atoms with Crippen molar-refractivity contribution in [3.8, 4) is 17.2 Å². The molecule has 1 saturated heterocycles. The zero-order chi connectivity index (χ0) is 18.1. The van der Waals surface area contributed by atoms with Crippen LogP contribution in [0, 0.1) is 13.8 Å². The molecule has 0 bridgehead atoms. The third kappa shape index (κ3) is 3.38. The molecule has 1 atom stereocenters. The minimum atomic E-state index is 0.440. The van der Waals surface area contributed by atoms with Gasteiger partial charge in [-0.25, -0.2) is 0 Å². The molecule has 0 amide bonds. The summed E-state index contributed by atoms with van der Waals surface area (Å²) < 4.78 is 19.4. The van der Waals surface area contributed by atoms with E-state index in [9.17, 15) is 0 Å². The molecule has 4 rings (SSSR count). The lowest BCUT2D eigenvalue weighted by Crippen LogP contribution is -2.22. The molecule has 140 valence electrons. The van der Waals surface area contributed by atoms with E-state index < -0.39 is 0 Å². The summed E-state index contributed by atoms with van der Waals surface area (Å²) in [6.07, 6.45) is 2.03. The molecule has 0 saturated carbocycles. The summed E-state index contributed by atoms with van der Waals surface area (Å²) in [7, 11) is 1.71. The van der Waals surface area contributed by atoms with E-state index in [1.54, 1.807) is 7.11 Å². The molecule has 1 aromatic heterocycles. The molecule has 0 radical (unpaired) electrons. The van der Waals surface area contributed by atoms with Crippen LogP contribution in [-0.2, 0) is 6.54 Å². The van der Waals surface area contributed by atoms with Gasteiger partial charge in [0.1, 0.15) is 5.75 Å². The van der Waals surface area contributed by atoms with E-state index in [0.717, 1.165) is 61.0 Å². The van der Waals surface area contributed by atoms with Gasteiger partial charge in [-0.3, -0.25) is 9.58 Å². The van der Waals surface area contributed by atoms with E-state index in [-0.39, 0.29) is 0 Å². The van der Waals surface area contributed by atoms with Gasteiger partial charge in [-0.2, -0.15) is 5.10 Å². The van der Waals surface area contributed by atoms with Gasteiger partial charge in [0.15, 0.2) is 11.5 Å². The number of hydrogen-bond acceptors (Lipinski definition) is 5. The fourth-order valence-corrected chi connectivity index (χ4v) is 3.96. The highest BCUT2D eigenvalue weighted by Crippen LogP contribution is 2.37. The number of ether oxygens (including phenoxy) is 3. The molecule has 0 spiro atoms. The number of nitrogens with zero attached hydrogens (tertiary/aromatic N) is 3. The summed E-state index contributed by atoms with van der Waals surface area (Å²) in [4.78, 5) is 2.46. The normalized spacial score (nSPS) is 20.2.